The summed E-state index contributed by atoms with van der Waals surface area (Å²) in [7, 11) is 0. The number of hydrogen-bond donors (Lipinski definition) is 1. The standard InChI is InChI=1S/C17H16ClN3/c18-16-10-13(8-9-19)6-7-17(16)21-12-15(11-20-21)14-4-2-1-3-5-14/h1-7,10-12H,8-9,19H2. The first-order valence-corrected chi connectivity index (χ1v) is 7.24. The number of aromatic nitrogens is 2. The fourth-order valence-electron chi connectivity index (χ4n) is 2.29. The van der Waals surface area contributed by atoms with Gasteiger partial charge in [-0.2, -0.15) is 5.10 Å². The van der Waals surface area contributed by atoms with Crippen LogP contribution in [0, 0.1) is 0 Å². The van der Waals surface area contributed by atoms with E-state index < -0.39 is 0 Å². The predicted molar refractivity (Wildman–Crippen MR) is 86.8 cm³/mol. The minimum absolute atomic E-state index is 0.621. The Bertz CT molecular complexity index is 735. The largest absolute Gasteiger partial charge is 0.330 e. The van der Waals surface area contributed by atoms with Crippen molar-refractivity contribution >= 4 is 11.6 Å². The second-order valence-corrected chi connectivity index (χ2v) is 5.27. The maximum absolute atomic E-state index is 6.35. The summed E-state index contributed by atoms with van der Waals surface area (Å²) in [5.41, 5.74) is 9.79. The van der Waals surface area contributed by atoms with Crippen LogP contribution in [0.25, 0.3) is 16.8 Å². The molecule has 3 rings (SSSR count). The van der Waals surface area contributed by atoms with E-state index in [9.17, 15) is 0 Å². The number of benzene rings is 2. The van der Waals surface area contributed by atoms with Crippen LogP contribution in [0.1, 0.15) is 5.56 Å². The molecule has 2 aromatic carbocycles. The van der Waals surface area contributed by atoms with Gasteiger partial charge in [-0.15, -0.1) is 0 Å². The van der Waals surface area contributed by atoms with Crippen LogP contribution in [0.5, 0.6) is 0 Å². The molecule has 1 aromatic heterocycles. The van der Waals surface area contributed by atoms with E-state index in [0.717, 1.165) is 28.8 Å². The molecule has 21 heavy (non-hydrogen) atoms. The molecular weight excluding hydrogens is 282 g/mol. The first-order chi connectivity index (χ1) is 10.3. The Hall–Kier alpha value is -2.10. The molecule has 3 aromatic rings. The van der Waals surface area contributed by atoms with Crippen molar-refractivity contribution in [3.63, 3.8) is 0 Å². The molecule has 4 heteroatoms. The SMILES string of the molecule is NCCc1ccc(-n2cc(-c3ccccc3)cn2)c(Cl)c1. The number of nitrogens with two attached hydrogens (primary N) is 1. The lowest BCUT2D eigenvalue weighted by molar-refractivity contribution is 0.878. The van der Waals surface area contributed by atoms with Crippen molar-refractivity contribution < 1.29 is 0 Å². The van der Waals surface area contributed by atoms with Crippen LogP contribution >= 0.6 is 11.6 Å². The quantitative estimate of drug-likeness (QED) is 0.798. The van der Waals surface area contributed by atoms with Gasteiger partial charge in [0.25, 0.3) is 0 Å². The van der Waals surface area contributed by atoms with E-state index in [-0.39, 0.29) is 0 Å². The first kappa shape index (κ1) is 13.9. The topological polar surface area (TPSA) is 43.8 Å². The van der Waals surface area contributed by atoms with E-state index in [4.69, 9.17) is 17.3 Å². The summed E-state index contributed by atoms with van der Waals surface area (Å²) in [5.74, 6) is 0. The highest BCUT2D eigenvalue weighted by molar-refractivity contribution is 6.32. The van der Waals surface area contributed by atoms with Gasteiger partial charge in [-0.05, 0) is 36.2 Å². The lowest BCUT2D eigenvalue weighted by atomic mass is 10.1. The van der Waals surface area contributed by atoms with Crippen LogP contribution in [-0.2, 0) is 6.42 Å². The average Bonchev–Trinajstić information content (AvgIpc) is 2.98. The van der Waals surface area contributed by atoms with Gasteiger partial charge < -0.3 is 5.73 Å². The fraction of sp³-hybridized carbons (Fsp3) is 0.118. The maximum atomic E-state index is 6.35. The second kappa shape index (κ2) is 6.12. The lowest BCUT2D eigenvalue weighted by Crippen LogP contribution is -2.03. The number of rotatable bonds is 4. The molecule has 1 heterocycles. The smallest absolute Gasteiger partial charge is 0.0832 e. The molecule has 0 saturated heterocycles. The van der Waals surface area contributed by atoms with E-state index in [2.05, 4.69) is 17.2 Å². The van der Waals surface area contributed by atoms with Gasteiger partial charge in [-0.1, -0.05) is 48.0 Å². The molecule has 0 aliphatic carbocycles. The minimum Gasteiger partial charge on any atom is -0.330 e. The summed E-state index contributed by atoms with van der Waals surface area (Å²) in [6, 6.07) is 16.1. The predicted octanol–water partition coefficient (Wildman–Crippen LogP) is 3.69. The summed E-state index contributed by atoms with van der Waals surface area (Å²) in [5, 5.41) is 5.09. The van der Waals surface area contributed by atoms with Gasteiger partial charge in [0.05, 0.1) is 16.9 Å². The molecular formula is C17H16ClN3. The van der Waals surface area contributed by atoms with Crippen molar-refractivity contribution in [3.05, 3.63) is 71.5 Å². The Labute approximate surface area is 129 Å². The zero-order valence-electron chi connectivity index (χ0n) is 11.5. The van der Waals surface area contributed by atoms with Crippen LogP contribution in [0.2, 0.25) is 5.02 Å². The minimum atomic E-state index is 0.621. The molecule has 0 aliphatic heterocycles. The molecule has 0 fully saturated rings. The van der Waals surface area contributed by atoms with Crippen molar-refractivity contribution in [2.24, 2.45) is 5.73 Å². The van der Waals surface area contributed by atoms with Gasteiger partial charge in [0.1, 0.15) is 0 Å². The highest BCUT2D eigenvalue weighted by Crippen LogP contribution is 2.24. The highest BCUT2D eigenvalue weighted by Gasteiger charge is 2.07. The Morgan fingerprint density at radius 2 is 1.86 bits per heavy atom. The zero-order valence-corrected chi connectivity index (χ0v) is 12.3. The van der Waals surface area contributed by atoms with Gasteiger partial charge in [0, 0.05) is 11.8 Å². The molecule has 0 unspecified atom stereocenters. The van der Waals surface area contributed by atoms with Gasteiger partial charge in [0.15, 0.2) is 0 Å². The summed E-state index contributed by atoms with van der Waals surface area (Å²) in [6.45, 7) is 0.621. The maximum Gasteiger partial charge on any atom is 0.0832 e. The molecule has 0 saturated carbocycles. The number of nitrogens with zero attached hydrogens (tertiary/aromatic N) is 2. The Balaban J connectivity index is 1.93. The van der Waals surface area contributed by atoms with E-state index >= 15 is 0 Å². The summed E-state index contributed by atoms with van der Waals surface area (Å²) >= 11 is 6.35. The normalized spacial score (nSPS) is 10.8. The third kappa shape index (κ3) is 2.99. The van der Waals surface area contributed by atoms with E-state index in [1.54, 1.807) is 4.68 Å². The van der Waals surface area contributed by atoms with Gasteiger partial charge >= 0.3 is 0 Å². The molecule has 0 radical (unpaired) electrons. The van der Waals surface area contributed by atoms with Crippen LogP contribution in [-0.4, -0.2) is 16.3 Å². The molecule has 0 atom stereocenters. The van der Waals surface area contributed by atoms with E-state index in [0.29, 0.717) is 11.6 Å². The van der Waals surface area contributed by atoms with Crippen LogP contribution in [0.3, 0.4) is 0 Å². The van der Waals surface area contributed by atoms with Gasteiger partial charge in [-0.3, -0.25) is 0 Å². The Morgan fingerprint density at radius 1 is 1.05 bits per heavy atom. The molecule has 0 amide bonds. The monoisotopic (exact) mass is 297 g/mol. The van der Waals surface area contributed by atoms with Gasteiger partial charge in [-0.25, -0.2) is 4.68 Å². The van der Waals surface area contributed by atoms with Crippen molar-refractivity contribution in [2.45, 2.75) is 6.42 Å². The Morgan fingerprint density at radius 3 is 2.57 bits per heavy atom. The molecule has 0 aliphatic rings. The second-order valence-electron chi connectivity index (χ2n) is 4.86. The van der Waals surface area contributed by atoms with Crippen LogP contribution < -0.4 is 5.73 Å². The summed E-state index contributed by atoms with van der Waals surface area (Å²) in [6.07, 6.45) is 4.66. The van der Waals surface area contributed by atoms with Crippen molar-refractivity contribution in [1.29, 1.82) is 0 Å². The van der Waals surface area contributed by atoms with Crippen molar-refractivity contribution in [1.82, 2.24) is 9.78 Å². The fourth-order valence-corrected chi connectivity index (χ4v) is 2.58. The summed E-state index contributed by atoms with van der Waals surface area (Å²) in [4.78, 5) is 0. The number of hydrogen-bond acceptors (Lipinski definition) is 2. The molecule has 2 N–H and O–H groups in total. The van der Waals surface area contributed by atoms with Gasteiger partial charge in [0.2, 0.25) is 0 Å². The molecule has 0 spiro atoms. The zero-order chi connectivity index (χ0) is 14.7. The number of halogens is 1. The molecule has 0 bridgehead atoms. The van der Waals surface area contributed by atoms with Crippen LogP contribution in [0.4, 0.5) is 0 Å². The lowest BCUT2D eigenvalue weighted by Gasteiger charge is -2.06. The highest BCUT2D eigenvalue weighted by atomic mass is 35.5. The summed E-state index contributed by atoms with van der Waals surface area (Å²) < 4.78 is 1.80. The van der Waals surface area contributed by atoms with E-state index in [1.807, 2.05) is 48.8 Å². The van der Waals surface area contributed by atoms with Crippen molar-refractivity contribution in [2.75, 3.05) is 6.54 Å². The molecule has 3 nitrogen and oxygen atoms in total. The third-order valence-electron chi connectivity index (χ3n) is 3.38. The Kier molecular flexibility index (Phi) is 4.04. The first-order valence-electron chi connectivity index (χ1n) is 6.87. The average molecular weight is 298 g/mol. The molecule has 106 valence electrons. The van der Waals surface area contributed by atoms with Crippen LogP contribution in [0.15, 0.2) is 60.9 Å². The van der Waals surface area contributed by atoms with Crippen molar-refractivity contribution in [3.8, 4) is 16.8 Å². The van der Waals surface area contributed by atoms with E-state index in [1.165, 1.54) is 0 Å². The third-order valence-corrected chi connectivity index (χ3v) is 3.68.